The molecule has 1 aliphatic carbocycles. The third kappa shape index (κ3) is 5.22. The number of aromatic nitrogens is 1. The molecular formula is C27H36N4O2S2. The summed E-state index contributed by atoms with van der Waals surface area (Å²) in [5.41, 5.74) is 1.42. The van der Waals surface area contributed by atoms with Crippen LogP contribution in [0.2, 0.25) is 0 Å². The van der Waals surface area contributed by atoms with Gasteiger partial charge in [0.2, 0.25) is 0 Å². The number of unbranched alkanes of at least 4 members (excludes halogenated alkanes) is 1. The molecule has 0 aromatic carbocycles. The van der Waals surface area contributed by atoms with Gasteiger partial charge in [-0.3, -0.25) is 19.1 Å². The second-order valence-corrected chi connectivity index (χ2v) is 11.9. The van der Waals surface area contributed by atoms with E-state index >= 15 is 0 Å². The maximum absolute atomic E-state index is 13.6. The SMILES string of the molecule is CCCCn1c(N2CCCC(C)C2)c(C=C2SC(=S)N(C3CCCCC3)C2=O)c(C)c(C#N)c1=O. The maximum atomic E-state index is 13.6. The summed E-state index contributed by atoms with van der Waals surface area (Å²) in [5, 5.41) is 9.89. The molecule has 1 saturated carbocycles. The Morgan fingerprint density at radius 3 is 2.57 bits per heavy atom. The zero-order valence-corrected chi connectivity index (χ0v) is 22.8. The van der Waals surface area contributed by atoms with Gasteiger partial charge in [0.15, 0.2) is 0 Å². The lowest BCUT2D eigenvalue weighted by atomic mass is 9.94. The fraction of sp³-hybridized carbons (Fsp3) is 0.630. The molecular weight excluding hydrogens is 476 g/mol. The van der Waals surface area contributed by atoms with Crippen LogP contribution in [0.5, 0.6) is 0 Å². The smallest absolute Gasteiger partial charge is 0.270 e. The van der Waals surface area contributed by atoms with E-state index in [1.807, 2.05) is 17.9 Å². The van der Waals surface area contributed by atoms with Crippen molar-refractivity contribution >= 4 is 46.1 Å². The van der Waals surface area contributed by atoms with Crippen molar-refractivity contribution in [3.8, 4) is 6.07 Å². The highest BCUT2D eigenvalue weighted by molar-refractivity contribution is 8.26. The van der Waals surface area contributed by atoms with Crippen molar-refractivity contribution in [1.82, 2.24) is 9.47 Å². The lowest BCUT2D eigenvalue weighted by Crippen LogP contribution is -2.40. The topological polar surface area (TPSA) is 69.3 Å². The Balaban J connectivity index is 1.85. The molecule has 3 fully saturated rings. The molecule has 188 valence electrons. The Labute approximate surface area is 218 Å². The van der Waals surface area contributed by atoms with Crippen LogP contribution in [0.1, 0.15) is 88.3 Å². The zero-order chi connectivity index (χ0) is 25.1. The van der Waals surface area contributed by atoms with Crippen LogP contribution in [0.4, 0.5) is 5.82 Å². The van der Waals surface area contributed by atoms with Gasteiger partial charge in [-0.1, -0.05) is 63.5 Å². The van der Waals surface area contributed by atoms with Gasteiger partial charge in [-0.25, -0.2) is 0 Å². The molecule has 35 heavy (non-hydrogen) atoms. The summed E-state index contributed by atoms with van der Waals surface area (Å²) in [6.45, 7) is 8.48. The number of carbonyl (C=O) groups is 1. The highest BCUT2D eigenvalue weighted by atomic mass is 32.2. The fourth-order valence-electron chi connectivity index (χ4n) is 5.66. The predicted molar refractivity (Wildman–Crippen MR) is 148 cm³/mol. The first-order chi connectivity index (χ1) is 16.9. The van der Waals surface area contributed by atoms with Crippen LogP contribution in [0, 0.1) is 24.2 Å². The Hall–Kier alpha value is -2.11. The van der Waals surface area contributed by atoms with Crippen LogP contribution in [0.15, 0.2) is 9.70 Å². The Bertz CT molecular complexity index is 1130. The molecule has 1 unspecified atom stereocenters. The molecule has 0 radical (unpaired) electrons. The molecule has 8 heteroatoms. The van der Waals surface area contributed by atoms with Crippen LogP contribution in [-0.2, 0) is 11.3 Å². The second kappa shape index (κ2) is 11.3. The highest BCUT2D eigenvalue weighted by Crippen LogP contribution is 2.39. The van der Waals surface area contributed by atoms with Crippen LogP contribution in [-0.4, -0.2) is 38.8 Å². The second-order valence-electron chi connectivity index (χ2n) is 10.2. The van der Waals surface area contributed by atoms with Gasteiger partial charge in [0.05, 0.1) is 4.91 Å². The molecule has 1 aromatic rings. The highest BCUT2D eigenvalue weighted by Gasteiger charge is 2.38. The normalized spacial score (nSPS) is 22.8. The minimum atomic E-state index is -0.224. The van der Waals surface area contributed by atoms with E-state index in [0.29, 0.717) is 27.3 Å². The predicted octanol–water partition coefficient (Wildman–Crippen LogP) is 5.60. The monoisotopic (exact) mass is 512 g/mol. The molecule has 1 aromatic heterocycles. The number of hydrogen-bond acceptors (Lipinski definition) is 6. The summed E-state index contributed by atoms with van der Waals surface area (Å²) in [7, 11) is 0. The van der Waals surface area contributed by atoms with Crippen LogP contribution < -0.4 is 10.5 Å². The number of anilines is 1. The molecule has 3 heterocycles. The molecule has 1 amide bonds. The summed E-state index contributed by atoms with van der Waals surface area (Å²) in [4.78, 5) is 31.7. The molecule has 0 spiro atoms. The molecule has 6 nitrogen and oxygen atoms in total. The first-order valence-electron chi connectivity index (χ1n) is 13.1. The van der Waals surface area contributed by atoms with Gasteiger partial charge < -0.3 is 4.90 Å². The van der Waals surface area contributed by atoms with Gasteiger partial charge in [0, 0.05) is 31.2 Å². The first-order valence-corrected chi connectivity index (χ1v) is 14.3. The van der Waals surface area contributed by atoms with Gasteiger partial charge in [0.25, 0.3) is 11.5 Å². The van der Waals surface area contributed by atoms with E-state index in [9.17, 15) is 14.9 Å². The first kappa shape index (κ1) is 26.0. The lowest BCUT2D eigenvalue weighted by molar-refractivity contribution is -0.124. The van der Waals surface area contributed by atoms with Crippen LogP contribution >= 0.6 is 24.0 Å². The van der Waals surface area contributed by atoms with Crippen molar-refractivity contribution in [3.05, 3.63) is 31.9 Å². The number of amides is 1. The number of nitrogens with zero attached hydrogens (tertiary/aromatic N) is 4. The van der Waals surface area contributed by atoms with E-state index in [-0.39, 0.29) is 23.1 Å². The quantitative estimate of drug-likeness (QED) is 0.365. The van der Waals surface area contributed by atoms with Gasteiger partial charge >= 0.3 is 0 Å². The largest absolute Gasteiger partial charge is 0.357 e. The van der Waals surface area contributed by atoms with Crippen molar-refractivity contribution in [2.45, 2.75) is 91.1 Å². The molecule has 4 rings (SSSR count). The summed E-state index contributed by atoms with van der Waals surface area (Å²) in [6.07, 6.45) is 11.4. The maximum Gasteiger partial charge on any atom is 0.270 e. The summed E-state index contributed by atoms with van der Waals surface area (Å²) < 4.78 is 2.42. The van der Waals surface area contributed by atoms with E-state index in [1.54, 1.807) is 4.57 Å². The van der Waals surface area contributed by atoms with Crippen molar-refractivity contribution in [2.75, 3.05) is 18.0 Å². The van der Waals surface area contributed by atoms with Gasteiger partial charge in [-0.05, 0) is 56.6 Å². The number of piperidine rings is 1. The van der Waals surface area contributed by atoms with Crippen molar-refractivity contribution in [1.29, 1.82) is 5.26 Å². The van der Waals surface area contributed by atoms with E-state index < -0.39 is 0 Å². The zero-order valence-electron chi connectivity index (χ0n) is 21.1. The number of thioether (sulfide) groups is 1. The van der Waals surface area contributed by atoms with Gasteiger partial charge in [-0.2, -0.15) is 5.26 Å². The molecule has 2 saturated heterocycles. The number of carbonyl (C=O) groups excluding carboxylic acids is 1. The molecule has 3 aliphatic rings. The number of hydrogen-bond donors (Lipinski definition) is 0. The average Bonchev–Trinajstić information content (AvgIpc) is 3.13. The number of pyridine rings is 1. The standard InChI is InChI=1S/C27H36N4O2S2/c1-4-5-14-30-24(29-13-9-10-18(2)17-29)21(19(3)22(16-28)25(30)32)15-23-26(33)31(27(34)35-23)20-11-7-6-8-12-20/h15,18,20H,4-14,17H2,1-3H3. The summed E-state index contributed by atoms with van der Waals surface area (Å²) in [6, 6.07) is 2.34. The van der Waals surface area contributed by atoms with Gasteiger partial charge in [-0.15, -0.1) is 0 Å². The summed E-state index contributed by atoms with van der Waals surface area (Å²) in [5.74, 6) is 1.34. The van der Waals surface area contributed by atoms with E-state index in [4.69, 9.17) is 12.2 Å². The molecule has 0 bridgehead atoms. The molecule has 2 aliphatic heterocycles. The third-order valence-corrected chi connectivity index (χ3v) is 8.91. The summed E-state index contributed by atoms with van der Waals surface area (Å²) >= 11 is 7.02. The lowest BCUT2D eigenvalue weighted by Gasteiger charge is -2.36. The Morgan fingerprint density at radius 1 is 1.17 bits per heavy atom. The van der Waals surface area contributed by atoms with E-state index in [2.05, 4.69) is 24.8 Å². The average molecular weight is 513 g/mol. The van der Waals surface area contributed by atoms with Crippen LogP contribution in [0.3, 0.4) is 0 Å². The Morgan fingerprint density at radius 2 is 1.91 bits per heavy atom. The number of rotatable bonds is 6. The minimum Gasteiger partial charge on any atom is -0.357 e. The third-order valence-electron chi connectivity index (χ3n) is 7.58. The fourth-order valence-corrected chi connectivity index (χ4v) is 7.04. The van der Waals surface area contributed by atoms with E-state index in [0.717, 1.165) is 69.4 Å². The van der Waals surface area contributed by atoms with Crippen molar-refractivity contribution in [2.24, 2.45) is 5.92 Å². The van der Waals surface area contributed by atoms with Gasteiger partial charge in [0.1, 0.15) is 21.8 Å². The minimum absolute atomic E-state index is 0.0333. The Kier molecular flexibility index (Phi) is 8.38. The van der Waals surface area contributed by atoms with Crippen LogP contribution in [0.25, 0.3) is 6.08 Å². The number of thiocarbonyl (C=S) groups is 1. The molecule has 0 N–H and O–H groups in total. The van der Waals surface area contributed by atoms with Crippen molar-refractivity contribution in [3.63, 3.8) is 0 Å². The molecule has 1 atom stereocenters. The number of nitriles is 1. The van der Waals surface area contributed by atoms with Crippen molar-refractivity contribution < 1.29 is 4.79 Å². The van der Waals surface area contributed by atoms with E-state index in [1.165, 1.54) is 24.6 Å².